The summed E-state index contributed by atoms with van der Waals surface area (Å²) < 4.78 is 46.6. The van der Waals surface area contributed by atoms with Crippen molar-refractivity contribution in [1.82, 2.24) is 19.8 Å². The lowest BCUT2D eigenvalue weighted by molar-refractivity contribution is 0.0215. The first-order chi connectivity index (χ1) is 28.1. The summed E-state index contributed by atoms with van der Waals surface area (Å²) in [5, 5.41) is 4.49. The minimum atomic E-state index is -3.62. The molecule has 0 bridgehead atoms. The smallest absolute Gasteiger partial charge is 0.410 e. The lowest BCUT2D eigenvalue weighted by atomic mass is 10.1. The monoisotopic (exact) mass is 884 g/mol. The van der Waals surface area contributed by atoms with Gasteiger partial charge in [-0.05, 0) is 76.9 Å². The molecule has 0 fully saturated rings. The summed E-state index contributed by atoms with van der Waals surface area (Å²) in [7, 11) is -0.948. The summed E-state index contributed by atoms with van der Waals surface area (Å²) >= 11 is 2.81. The van der Waals surface area contributed by atoms with Crippen LogP contribution < -0.4 is 9.62 Å². The number of fused-ring (bicyclic) bond motifs is 2. The summed E-state index contributed by atoms with van der Waals surface area (Å²) in [4.78, 5) is 62.2. The Hall–Kier alpha value is -5.27. The van der Waals surface area contributed by atoms with Gasteiger partial charge in [-0.1, -0.05) is 46.9 Å². The van der Waals surface area contributed by atoms with Crippen LogP contribution in [0.25, 0.3) is 0 Å². The second-order valence-electron chi connectivity index (χ2n) is 16.1. The van der Waals surface area contributed by atoms with Crippen LogP contribution in [0.4, 0.5) is 19.9 Å². The largest absolute Gasteiger partial charge is 0.465 e. The van der Waals surface area contributed by atoms with Crippen LogP contribution in [0.15, 0.2) is 48.5 Å². The Labute approximate surface area is 358 Å². The van der Waals surface area contributed by atoms with Crippen molar-refractivity contribution in [2.75, 3.05) is 43.2 Å². The molecule has 0 aliphatic carbocycles. The number of rotatable bonds is 9. The van der Waals surface area contributed by atoms with E-state index in [1.807, 2.05) is 53.7 Å². The minimum absolute atomic E-state index is 0.0719. The third-order valence-corrected chi connectivity index (χ3v) is 12.3. The quantitative estimate of drug-likeness (QED) is 0.134. The van der Waals surface area contributed by atoms with Crippen molar-refractivity contribution in [2.24, 2.45) is 0 Å². The molecule has 16 nitrogen and oxygen atoms in total. The second kappa shape index (κ2) is 19.0. The Morgan fingerprint density at radius 3 is 1.62 bits per heavy atom. The van der Waals surface area contributed by atoms with Gasteiger partial charge in [0.1, 0.15) is 11.2 Å². The molecule has 2 amide bonds. The summed E-state index contributed by atoms with van der Waals surface area (Å²) in [6.45, 7) is 13.6. The summed E-state index contributed by atoms with van der Waals surface area (Å²) in [6.07, 6.45) is 1.69. The number of carbonyl (C=O) groups is 4. The van der Waals surface area contributed by atoms with Gasteiger partial charge in [0.2, 0.25) is 10.0 Å². The van der Waals surface area contributed by atoms with Crippen LogP contribution in [0.3, 0.4) is 0 Å². The maximum atomic E-state index is 12.5. The molecule has 2 aliphatic heterocycles. The van der Waals surface area contributed by atoms with Crippen LogP contribution in [-0.2, 0) is 68.0 Å². The number of amides is 2. The molecule has 2 aromatic heterocycles. The van der Waals surface area contributed by atoms with Crippen molar-refractivity contribution < 1.29 is 46.5 Å². The zero-order chi connectivity index (χ0) is 44.0. The first-order valence-corrected chi connectivity index (χ1v) is 22.6. The Kier molecular flexibility index (Phi) is 14.5. The molecule has 1 N–H and O–H groups in total. The maximum absolute atomic E-state index is 12.5. The van der Waals surface area contributed by atoms with Gasteiger partial charge in [0.05, 0.1) is 62.6 Å². The Morgan fingerprint density at radius 2 is 1.17 bits per heavy atom. The highest BCUT2D eigenvalue weighted by Gasteiger charge is 2.31. The molecule has 0 spiro atoms. The Morgan fingerprint density at radius 1 is 0.717 bits per heavy atom. The molecule has 2 aliphatic rings. The van der Waals surface area contributed by atoms with E-state index in [4.69, 9.17) is 14.2 Å². The fourth-order valence-corrected chi connectivity index (χ4v) is 9.21. The van der Waals surface area contributed by atoms with Crippen LogP contribution in [0.2, 0.25) is 0 Å². The van der Waals surface area contributed by atoms with Crippen LogP contribution in [-0.4, -0.2) is 97.1 Å². The number of hydrogen-bond donors (Lipinski definition) is 1. The number of nitrogens with zero attached hydrogens (tertiary/aromatic N) is 5. The SMILES string of the molecule is COC(=O)c1ccc(CN(c2nc3c(s2)CN(C(=O)OC(C)(C)C)CC3)S(C)(=O)=O)cc1.COC(=O)c1ccc(CNc2nc3c(s2)CN(C(=O)OC(C)(C)C)CC3)cc1. The van der Waals surface area contributed by atoms with Crippen LogP contribution in [0, 0.1) is 0 Å². The Bertz CT molecular complexity index is 2280. The van der Waals surface area contributed by atoms with Gasteiger partial charge in [0.15, 0.2) is 10.3 Å². The number of hydrogen-bond acceptors (Lipinski definition) is 15. The van der Waals surface area contributed by atoms with Gasteiger partial charge in [0.25, 0.3) is 0 Å². The fourth-order valence-electron chi connectivity index (χ4n) is 5.94. The summed E-state index contributed by atoms with van der Waals surface area (Å²) in [5.41, 5.74) is 3.39. The van der Waals surface area contributed by atoms with E-state index in [1.165, 1.54) is 29.9 Å². The standard InChI is InChI=1S/C21H27N3O6S2.C20H25N3O4S/c1-21(2,3)30-20(26)23-11-10-16-17(13-23)31-19(22-16)24(32(5,27)28)12-14-6-8-15(9-7-14)18(25)29-4;1-20(2,3)27-19(25)23-10-9-15-16(12-23)28-18(22-15)21-11-13-5-7-14(8-6-13)17(24)26-4/h6-9H,10-13H2,1-5H3;5-8H,9-12H2,1-4H3,(H,21,22). The van der Waals surface area contributed by atoms with E-state index >= 15 is 0 Å². The predicted octanol–water partition coefficient (Wildman–Crippen LogP) is 7.02. The van der Waals surface area contributed by atoms with E-state index < -0.39 is 33.3 Å². The number of anilines is 2. The van der Waals surface area contributed by atoms with Gasteiger partial charge in [-0.25, -0.2) is 41.9 Å². The van der Waals surface area contributed by atoms with E-state index in [-0.39, 0.29) is 18.6 Å². The highest BCUT2D eigenvalue weighted by atomic mass is 32.2. The van der Waals surface area contributed by atoms with Crippen molar-refractivity contribution in [3.05, 3.63) is 91.9 Å². The predicted molar refractivity (Wildman–Crippen MR) is 229 cm³/mol. The van der Waals surface area contributed by atoms with E-state index in [9.17, 15) is 27.6 Å². The van der Waals surface area contributed by atoms with Crippen LogP contribution in [0.1, 0.15) is 94.5 Å². The van der Waals surface area contributed by atoms with E-state index in [1.54, 1.807) is 57.5 Å². The number of ether oxygens (including phenoxy) is 4. The first-order valence-electron chi connectivity index (χ1n) is 19.1. The highest BCUT2D eigenvalue weighted by molar-refractivity contribution is 7.92. The maximum Gasteiger partial charge on any atom is 0.410 e. The molecular formula is C41H52N6O10S3. The minimum Gasteiger partial charge on any atom is -0.465 e. The lowest BCUT2D eigenvalue weighted by Gasteiger charge is -2.29. The Balaban J connectivity index is 0.000000230. The molecule has 4 aromatic rings. The van der Waals surface area contributed by atoms with Gasteiger partial charge in [-0.3, -0.25) is 0 Å². The molecule has 0 radical (unpaired) electrons. The third kappa shape index (κ3) is 12.6. The topological polar surface area (TPSA) is 187 Å². The summed E-state index contributed by atoms with van der Waals surface area (Å²) in [6, 6.07) is 13.8. The number of sulfonamides is 1. The lowest BCUT2D eigenvalue weighted by Crippen LogP contribution is -2.39. The molecule has 4 heterocycles. The van der Waals surface area contributed by atoms with Crippen LogP contribution >= 0.6 is 22.7 Å². The number of benzene rings is 2. The highest BCUT2D eigenvalue weighted by Crippen LogP contribution is 2.34. The molecule has 19 heteroatoms. The van der Waals surface area contributed by atoms with Gasteiger partial charge >= 0.3 is 24.1 Å². The normalized spacial score (nSPS) is 13.8. The fraction of sp³-hybridized carbons (Fsp3) is 0.463. The third-order valence-electron chi connectivity index (χ3n) is 8.89. The molecule has 60 heavy (non-hydrogen) atoms. The number of thiazole rings is 2. The second-order valence-corrected chi connectivity index (χ2v) is 20.1. The number of nitrogens with one attached hydrogen (secondary N) is 1. The molecular weight excluding hydrogens is 833 g/mol. The molecule has 324 valence electrons. The van der Waals surface area contributed by atoms with Gasteiger partial charge in [0, 0.05) is 42.2 Å². The van der Waals surface area contributed by atoms with Crippen molar-refractivity contribution in [3.63, 3.8) is 0 Å². The van der Waals surface area contributed by atoms with Crippen molar-refractivity contribution in [3.8, 4) is 0 Å². The van der Waals surface area contributed by atoms with Crippen molar-refractivity contribution in [1.29, 1.82) is 0 Å². The average Bonchev–Trinajstić information content (AvgIpc) is 3.80. The van der Waals surface area contributed by atoms with Gasteiger partial charge in [-0.15, -0.1) is 0 Å². The number of aromatic nitrogens is 2. The van der Waals surface area contributed by atoms with Crippen LogP contribution in [0.5, 0.6) is 0 Å². The summed E-state index contributed by atoms with van der Waals surface area (Å²) in [5.74, 6) is -0.805. The van der Waals surface area contributed by atoms with E-state index in [0.717, 1.165) is 44.5 Å². The van der Waals surface area contributed by atoms with Gasteiger partial charge < -0.3 is 34.1 Å². The zero-order valence-electron chi connectivity index (χ0n) is 35.3. The number of carbonyl (C=O) groups excluding carboxylic acids is 4. The molecule has 0 saturated heterocycles. The first kappa shape index (κ1) is 45.8. The molecule has 0 saturated carbocycles. The molecule has 2 aromatic carbocycles. The number of methoxy groups -OCH3 is 2. The molecule has 0 unspecified atom stereocenters. The zero-order valence-corrected chi connectivity index (χ0v) is 37.8. The van der Waals surface area contributed by atoms with Gasteiger partial charge in [-0.2, -0.15) is 0 Å². The molecule has 0 atom stereocenters. The van der Waals surface area contributed by atoms with Crippen molar-refractivity contribution >= 4 is 67.1 Å². The molecule has 6 rings (SSSR count). The van der Waals surface area contributed by atoms with Crippen molar-refractivity contribution in [2.45, 2.75) is 91.8 Å². The van der Waals surface area contributed by atoms with E-state index in [0.29, 0.717) is 61.0 Å². The van der Waals surface area contributed by atoms with E-state index in [2.05, 4.69) is 20.0 Å². The average molecular weight is 885 g/mol. The number of esters is 2.